The van der Waals surface area contributed by atoms with E-state index in [9.17, 15) is 19.5 Å². The van der Waals surface area contributed by atoms with Crippen molar-refractivity contribution in [2.45, 2.75) is 32.0 Å². The van der Waals surface area contributed by atoms with E-state index in [4.69, 9.17) is 4.74 Å². The van der Waals surface area contributed by atoms with E-state index in [1.54, 1.807) is 12.3 Å². The molecular weight excluding hydrogens is 308 g/mol. The zero-order chi connectivity index (χ0) is 15.9. The molecule has 0 aliphatic carbocycles. The summed E-state index contributed by atoms with van der Waals surface area (Å²) in [4.78, 5) is 36.0. The Morgan fingerprint density at radius 1 is 1.23 bits per heavy atom. The molecule has 0 radical (unpaired) electrons. The van der Waals surface area contributed by atoms with Crippen LogP contribution in [0.4, 0.5) is 0 Å². The van der Waals surface area contributed by atoms with Crippen molar-refractivity contribution in [3.05, 3.63) is 21.9 Å². The molecule has 2 amide bonds. The maximum absolute atomic E-state index is 12.2. The maximum atomic E-state index is 12.2. The number of thiophene rings is 1. The number of nitrogens with one attached hydrogen (secondary N) is 2. The van der Waals surface area contributed by atoms with Crippen molar-refractivity contribution in [2.24, 2.45) is 11.8 Å². The molecule has 3 N–H and O–H groups in total. The van der Waals surface area contributed by atoms with Gasteiger partial charge in [0.05, 0.1) is 28.9 Å². The first-order chi connectivity index (χ1) is 10.5. The van der Waals surface area contributed by atoms with Crippen molar-refractivity contribution in [1.29, 1.82) is 0 Å². The third-order valence-electron chi connectivity index (χ3n) is 4.23. The lowest BCUT2D eigenvalue weighted by Crippen LogP contribution is -2.50. The Morgan fingerprint density at radius 3 is 2.50 bits per heavy atom. The van der Waals surface area contributed by atoms with Gasteiger partial charge in [0.2, 0.25) is 5.91 Å². The number of hydrogen-bond acceptors (Lipinski definition) is 5. The Bertz CT molecular complexity index is 629. The topological polar surface area (TPSA) is 105 Å². The van der Waals surface area contributed by atoms with Gasteiger partial charge in [0.1, 0.15) is 0 Å². The van der Waals surface area contributed by atoms with Crippen LogP contribution in [0, 0.1) is 18.8 Å². The highest BCUT2D eigenvalue weighted by Crippen LogP contribution is 2.43. The first kappa shape index (κ1) is 15.0. The summed E-state index contributed by atoms with van der Waals surface area (Å²) < 4.78 is 5.53. The van der Waals surface area contributed by atoms with E-state index in [-0.39, 0.29) is 6.10 Å². The molecule has 0 spiro atoms. The Labute approximate surface area is 130 Å². The van der Waals surface area contributed by atoms with Gasteiger partial charge in [-0.2, -0.15) is 0 Å². The number of ether oxygens (including phenoxy) is 1. The summed E-state index contributed by atoms with van der Waals surface area (Å²) in [6.07, 6.45) is 0.538. The number of carboxylic acid groups (broad SMARTS) is 1. The van der Waals surface area contributed by atoms with Gasteiger partial charge >= 0.3 is 5.97 Å². The molecule has 3 heterocycles. The van der Waals surface area contributed by atoms with E-state index in [0.717, 1.165) is 5.56 Å². The van der Waals surface area contributed by atoms with Crippen molar-refractivity contribution in [3.63, 3.8) is 0 Å². The number of carbonyl (C=O) groups excluding carboxylic acids is 2. The molecule has 4 atom stereocenters. The zero-order valence-corrected chi connectivity index (χ0v) is 12.7. The number of aliphatic carboxylic acids is 1. The molecule has 7 nitrogen and oxygen atoms in total. The van der Waals surface area contributed by atoms with Crippen LogP contribution in [0.2, 0.25) is 0 Å². The SMILES string of the molecule is Cc1ccsc1C(=O)NNC(=O)C1C2CCC(O2)C1C(=O)O. The molecule has 4 unspecified atom stereocenters. The average Bonchev–Trinajstić information content (AvgIpc) is 3.18. The third kappa shape index (κ3) is 2.48. The lowest BCUT2D eigenvalue weighted by atomic mass is 9.79. The lowest BCUT2D eigenvalue weighted by Gasteiger charge is -2.23. The molecular formula is C14H16N2O5S. The third-order valence-corrected chi connectivity index (χ3v) is 5.24. The van der Waals surface area contributed by atoms with Crippen molar-refractivity contribution in [3.8, 4) is 0 Å². The minimum absolute atomic E-state index is 0.383. The van der Waals surface area contributed by atoms with Gasteiger partial charge in [0, 0.05) is 0 Å². The van der Waals surface area contributed by atoms with Crippen LogP contribution in [0.1, 0.15) is 28.1 Å². The quantitative estimate of drug-likeness (QED) is 0.710. The van der Waals surface area contributed by atoms with Crippen LogP contribution < -0.4 is 10.9 Å². The standard InChI is InChI=1S/C14H16N2O5S/c1-6-4-5-22-11(6)13(18)16-15-12(17)9-7-2-3-8(21-7)10(9)14(19)20/h4-5,7-10H,2-3H2,1H3,(H,15,17)(H,16,18)(H,19,20). The van der Waals surface area contributed by atoms with Crippen LogP contribution >= 0.6 is 11.3 Å². The second-order valence-corrected chi connectivity index (χ2v) is 6.47. The molecule has 2 fully saturated rings. The van der Waals surface area contributed by atoms with E-state index in [1.807, 2.05) is 6.07 Å². The normalized spacial score (nSPS) is 29.3. The predicted octanol–water partition coefficient (Wildman–Crippen LogP) is 0.696. The molecule has 8 heteroatoms. The van der Waals surface area contributed by atoms with Gasteiger partial charge in [0.25, 0.3) is 5.91 Å². The van der Waals surface area contributed by atoms with Crippen molar-refractivity contribution >= 4 is 29.1 Å². The number of carboxylic acids is 1. The molecule has 2 aliphatic heterocycles. The molecule has 2 aliphatic rings. The molecule has 3 rings (SSSR count). The smallest absolute Gasteiger partial charge is 0.310 e. The average molecular weight is 324 g/mol. The molecule has 0 aromatic carbocycles. The van der Waals surface area contributed by atoms with E-state index in [0.29, 0.717) is 17.7 Å². The highest BCUT2D eigenvalue weighted by atomic mass is 32.1. The van der Waals surface area contributed by atoms with Gasteiger partial charge in [0.15, 0.2) is 0 Å². The van der Waals surface area contributed by atoms with Crippen LogP contribution in [0.5, 0.6) is 0 Å². The van der Waals surface area contributed by atoms with E-state index in [1.165, 1.54) is 11.3 Å². The minimum Gasteiger partial charge on any atom is -0.481 e. The fraction of sp³-hybridized carbons (Fsp3) is 0.500. The predicted molar refractivity (Wildman–Crippen MR) is 77.2 cm³/mol. The number of fused-ring (bicyclic) bond motifs is 2. The van der Waals surface area contributed by atoms with Gasteiger partial charge < -0.3 is 9.84 Å². The van der Waals surface area contributed by atoms with Crippen LogP contribution in [-0.4, -0.2) is 35.1 Å². The number of carbonyl (C=O) groups is 3. The monoisotopic (exact) mass is 324 g/mol. The fourth-order valence-corrected chi connectivity index (χ4v) is 4.01. The maximum Gasteiger partial charge on any atom is 0.310 e. The van der Waals surface area contributed by atoms with Crippen LogP contribution in [0.15, 0.2) is 11.4 Å². The van der Waals surface area contributed by atoms with Gasteiger partial charge in [-0.15, -0.1) is 11.3 Å². The van der Waals surface area contributed by atoms with Gasteiger partial charge in [-0.05, 0) is 36.8 Å². The Morgan fingerprint density at radius 2 is 1.91 bits per heavy atom. The van der Waals surface area contributed by atoms with E-state index in [2.05, 4.69) is 10.9 Å². The van der Waals surface area contributed by atoms with Crippen molar-refractivity contribution < 1.29 is 24.2 Å². The molecule has 1 aromatic rings. The summed E-state index contributed by atoms with van der Waals surface area (Å²) in [5, 5.41) is 11.1. The Balaban J connectivity index is 1.63. The summed E-state index contributed by atoms with van der Waals surface area (Å²) >= 11 is 1.28. The fourth-order valence-electron chi connectivity index (χ4n) is 3.19. The van der Waals surface area contributed by atoms with Crippen LogP contribution in [0.25, 0.3) is 0 Å². The van der Waals surface area contributed by atoms with Crippen LogP contribution in [0.3, 0.4) is 0 Å². The molecule has 0 saturated carbocycles. The van der Waals surface area contributed by atoms with Crippen LogP contribution in [-0.2, 0) is 14.3 Å². The molecule has 2 saturated heterocycles. The van der Waals surface area contributed by atoms with Crippen molar-refractivity contribution in [1.82, 2.24) is 10.9 Å². The first-order valence-electron chi connectivity index (χ1n) is 7.01. The number of amides is 2. The number of hydrogen-bond donors (Lipinski definition) is 3. The first-order valence-corrected chi connectivity index (χ1v) is 7.89. The number of aryl methyl sites for hydroxylation is 1. The number of rotatable bonds is 3. The summed E-state index contributed by atoms with van der Waals surface area (Å²) in [7, 11) is 0. The van der Waals surface area contributed by atoms with Crippen molar-refractivity contribution in [2.75, 3.05) is 0 Å². The summed E-state index contributed by atoms with van der Waals surface area (Å²) in [6, 6.07) is 1.81. The molecule has 22 heavy (non-hydrogen) atoms. The molecule has 118 valence electrons. The summed E-state index contributed by atoms with van der Waals surface area (Å²) in [6.45, 7) is 1.80. The number of hydrazine groups is 1. The summed E-state index contributed by atoms with van der Waals surface area (Å²) in [5.41, 5.74) is 5.50. The Kier molecular flexibility index (Phi) is 3.88. The highest BCUT2D eigenvalue weighted by Gasteiger charge is 2.55. The summed E-state index contributed by atoms with van der Waals surface area (Å²) in [5.74, 6) is -3.56. The second-order valence-electron chi connectivity index (χ2n) is 5.56. The Hall–Kier alpha value is -1.93. The highest BCUT2D eigenvalue weighted by molar-refractivity contribution is 7.12. The largest absolute Gasteiger partial charge is 0.481 e. The molecule has 1 aromatic heterocycles. The van der Waals surface area contributed by atoms with Gasteiger partial charge in [-0.1, -0.05) is 0 Å². The second kappa shape index (κ2) is 5.69. The van der Waals surface area contributed by atoms with E-state index >= 15 is 0 Å². The lowest BCUT2D eigenvalue weighted by molar-refractivity contribution is -0.148. The minimum atomic E-state index is -1.03. The van der Waals surface area contributed by atoms with Gasteiger partial charge in [-0.25, -0.2) is 0 Å². The zero-order valence-electron chi connectivity index (χ0n) is 11.9. The van der Waals surface area contributed by atoms with E-state index < -0.39 is 35.7 Å². The van der Waals surface area contributed by atoms with Gasteiger partial charge in [-0.3, -0.25) is 25.2 Å². The molecule has 2 bridgehead atoms.